The number of hydrogen-bond donors (Lipinski definition) is 2. The Labute approximate surface area is 112 Å². The molecule has 0 unspecified atom stereocenters. The molecule has 2 aromatic rings. The Kier molecular flexibility index (Phi) is 3.39. The third-order valence-corrected chi connectivity index (χ3v) is 3.45. The maximum Gasteiger partial charge on any atom is 0.158 e. The van der Waals surface area contributed by atoms with Crippen molar-refractivity contribution in [3.63, 3.8) is 0 Å². The van der Waals surface area contributed by atoms with E-state index in [1.807, 2.05) is 0 Å². The predicted octanol–water partition coefficient (Wildman–Crippen LogP) is 1.32. The maximum absolute atomic E-state index is 5.27. The average Bonchev–Trinajstić information content (AvgIpc) is 2.48. The molecule has 0 aliphatic carbocycles. The highest BCUT2D eigenvalue weighted by Crippen LogP contribution is 2.19. The minimum atomic E-state index is 0.590. The molecule has 98 valence electrons. The highest BCUT2D eigenvalue weighted by atomic mass is 15.3. The van der Waals surface area contributed by atoms with Crippen LogP contribution in [0.25, 0.3) is 0 Å². The minimum Gasteiger partial charge on any atom is -0.307 e. The lowest BCUT2D eigenvalue weighted by Gasteiger charge is -2.28. The van der Waals surface area contributed by atoms with Gasteiger partial charge >= 0.3 is 0 Å². The van der Waals surface area contributed by atoms with Gasteiger partial charge in [-0.15, -0.1) is 0 Å². The normalized spacial score (nSPS) is 15.0. The van der Waals surface area contributed by atoms with E-state index in [1.165, 1.54) is 11.1 Å². The quantitative estimate of drug-likeness (QED) is 0.639. The van der Waals surface area contributed by atoms with Crippen molar-refractivity contribution in [2.45, 2.75) is 19.5 Å². The molecule has 1 aromatic heterocycles. The third-order valence-electron chi connectivity index (χ3n) is 3.45. The second kappa shape index (κ2) is 5.34. The Hall–Kier alpha value is -1.98. The summed E-state index contributed by atoms with van der Waals surface area (Å²) in [6, 6.07) is 8.63. The summed E-state index contributed by atoms with van der Waals surface area (Å²) in [4.78, 5) is 10.9. The summed E-state index contributed by atoms with van der Waals surface area (Å²) in [6.07, 6.45) is 4.54. The first-order chi connectivity index (χ1) is 9.35. The van der Waals surface area contributed by atoms with Gasteiger partial charge in [0.15, 0.2) is 5.82 Å². The van der Waals surface area contributed by atoms with Crippen LogP contribution in [0, 0.1) is 0 Å². The fraction of sp³-hybridized carbons (Fsp3) is 0.286. The van der Waals surface area contributed by atoms with Gasteiger partial charge in [-0.1, -0.05) is 24.3 Å². The minimum absolute atomic E-state index is 0.590. The molecule has 0 bridgehead atoms. The molecule has 1 aromatic carbocycles. The second-order valence-corrected chi connectivity index (χ2v) is 4.77. The molecule has 0 saturated heterocycles. The Morgan fingerprint density at radius 1 is 1.16 bits per heavy atom. The van der Waals surface area contributed by atoms with E-state index in [-0.39, 0.29) is 0 Å². The zero-order valence-electron chi connectivity index (χ0n) is 10.7. The topological polar surface area (TPSA) is 67.1 Å². The van der Waals surface area contributed by atoms with E-state index in [9.17, 15) is 0 Å². The van der Waals surface area contributed by atoms with Gasteiger partial charge in [-0.3, -0.25) is 9.88 Å². The number of fused-ring (bicyclic) bond motifs is 1. The molecular formula is C14H17N5. The number of nitrogens with two attached hydrogens (primary N) is 1. The molecule has 1 aliphatic heterocycles. The smallest absolute Gasteiger partial charge is 0.158 e. The fourth-order valence-electron chi connectivity index (χ4n) is 2.43. The number of hydrazine groups is 1. The van der Waals surface area contributed by atoms with Crippen molar-refractivity contribution in [1.29, 1.82) is 0 Å². The van der Waals surface area contributed by atoms with Gasteiger partial charge in [0.05, 0.1) is 18.1 Å². The van der Waals surface area contributed by atoms with Gasteiger partial charge in [-0.2, -0.15) is 0 Å². The molecule has 0 fully saturated rings. The van der Waals surface area contributed by atoms with E-state index in [2.05, 4.69) is 44.6 Å². The first-order valence-electron chi connectivity index (χ1n) is 6.42. The number of aromatic nitrogens is 2. The lowest BCUT2D eigenvalue weighted by atomic mass is 10.00. The third kappa shape index (κ3) is 2.72. The maximum atomic E-state index is 5.27. The van der Waals surface area contributed by atoms with E-state index in [1.54, 1.807) is 12.4 Å². The van der Waals surface area contributed by atoms with Crippen LogP contribution in [0.15, 0.2) is 36.7 Å². The summed E-state index contributed by atoms with van der Waals surface area (Å²) in [6.45, 7) is 2.87. The predicted molar refractivity (Wildman–Crippen MR) is 74.1 cm³/mol. The summed E-state index contributed by atoms with van der Waals surface area (Å²) in [5.74, 6) is 5.86. The number of nitrogen functional groups attached to an aromatic ring is 1. The van der Waals surface area contributed by atoms with Crippen LogP contribution >= 0.6 is 0 Å². The number of nitrogens with zero attached hydrogens (tertiary/aromatic N) is 3. The van der Waals surface area contributed by atoms with Crippen LogP contribution in [0.5, 0.6) is 0 Å². The standard InChI is InChI=1S/C14H17N5/c15-18-14-8-16-13(7-17-14)10-19-6-5-11-3-1-2-4-12(11)9-19/h1-4,7-8H,5-6,9-10,15H2,(H,17,18). The van der Waals surface area contributed by atoms with Crippen molar-refractivity contribution in [1.82, 2.24) is 14.9 Å². The Morgan fingerprint density at radius 2 is 2.00 bits per heavy atom. The average molecular weight is 255 g/mol. The van der Waals surface area contributed by atoms with Gasteiger partial charge in [-0.25, -0.2) is 10.8 Å². The van der Waals surface area contributed by atoms with Crippen LogP contribution in [-0.2, 0) is 19.5 Å². The van der Waals surface area contributed by atoms with Crippen LogP contribution in [0.2, 0.25) is 0 Å². The lowest BCUT2D eigenvalue weighted by Crippen LogP contribution is -2.30. The van der Waals surface area contributed by atoms with Crippen LogP contribution in [0.1, 0.15) is 16.8 Å². The highest BCUT2D eigenvalue weighted by Gasteiger charge is 2.16. The number of hydrogen-bond acceptors (Lipinski definition) is 5. The number of rotatable bonds is 3. The lowest BCUT2D eigenvalue weighted by molar-refractivity contribution is 0.242. The molecule has 0 radical (unpaired) electrons. The summed E-state index contributed by atoms with van der Waals surface area (Å²) in [5, 5.41) is 0. The Bertz CT molecular complexity index is 552. The fourth-order valence-corrected chi connectivity index (χ4v) is 2.43. The molecule has 19 heavy (non-hydrogen) atoms. The highest BCUT2D eigenvalue weighted by molar-refractivity contribution is 5.30. The van der Waals surface area contributed by atoms with Gasteiger partial charge in [0, 0.05) is 19.6 Å². The zero-order valence-corrected chi connectivity index (χ0v) is 10.7. The molecular weight excluding hydrogens is 238 g/mol. The number of benzene rings is 1. The molecule has 0 atom stereocenters. The van der Waals surface area contributed by atoms with E-state index in [0.29, 0.717) is 5.82 Å². The molecule has 0 saturated carbocycles. The second-order valence-electron chi connectivity index (χ2n) is 4.77. The molecule has 5 nitrogen and oxygen atoms in total. The van der Waals surface area contributed by atoms with Crippen LogP contribution < -0.4 is 11.3 Å². The van der Waals surface area contributed by atoms with Gasteiger partial charge in [-0.05, 0) is 17.5 Å². The van der Waals surface area contributed by atoms with E-state index in [0.717, 1.165) is 31.7 Å². The van der Waals surface area contributed by atoms with E-state index < -0.39 is 0 Å². The van der Waals surface area contributed by atoms with Crippen molar-refractivity contribution >= 4 is 5.82 Å². The van der Waals surface area contributed by atoms with E-state index >= 15 is 0 Å². The van der Waals surface area contributed by atoms with Gasteiger partial charge < -0.3 is 5.43 Å². The molecule has 0 amide bonds. The van der Waals surface area contributed by atoms with Crippen molar-refractivity contribution < 1.29 is 0 Å². The van der Waals surface area contributed by atoms with Gasteiger partial charge in [0.25, 0.3) is 0 Å². The Balaban J connectivity index is 1.68. The molecule has 5 heteroatoms. The van der Waals surface area contributed by atoms with Crippen LogP contribution in [0.3, 0.4) is 0 Å². The van der Waals surface area contributed by atoms with Crippen molar-refractivity contribution in [2.24, 2.45) is 5.84 Å². The number of nitrogens with one attached hydrogen (secondary N) is 1. The molecule has 1 aliphatic rings. The monoisotopic (exact) mass is 255 g/mol. The molecule has 0 spiro atoms. The first-order valence-corrected chi connectivity index (χ1v) is 6.42. The largest absolute Gasteiger partial charge is 0.307 e. The van der Waals surface area contributed by atoms with Gasteiger partial charge in [0.1, 0.15) is 0 Å². The van der Waals surface area contributed by atoms with Crippen molar-refractivity contribution in [3.8, 4) is 0 Å². The SMILES string of the molecule is NNc1cnc(CN2CCc3ccccc3C2)cn1. The Morgan fingerprint density at radius 3 is 2.74 bits per heavy atom. The summed E-state index contributed by atoms with van der Waals surface area (Å²) < 4.78 is 0. The zero-order chi connectivity index (χ0) is 13.1. The number of anilines is 1. The van der Waals surface area contributed by atoms with Crippen molar-refractivity contribution in [2.75, 3.05) is 12.0 Å². The first kappa shape index (κ1) is 12.1. The van der Waals surface area contributed by atoms with E-state index in [4.69, 9.17) is 5.84 Å². The van der Waals surface area contributed by atoms with Gasteiger partial charge in [0.2, 0.25) is 0 Å². The summed E-state index contributed by atoms with van der Waals surface area (Å²) >= 11 is 0. The van der Waals surface area contributed by atoms with Crippen molar-refractivity contribution in [3.05, 3.63) is 53.5 Å². The molecule has 3 N–H and O–H groups in total. The summed E-state index contributed by atoms with van der Waals surface area (Å²) in [7, 11) is 0. The molecule has 3 rings (SSSR count). The molecule has 2 heterocycles. The van der Waals surface area contributed by atoms with Crippen LogP contribution in [-0.4, -0.2) is 21.4 Å². The van der Waals surface area contributed by atoms with Crippen LogP contribution in [0.4, 0.5) is 5.82 Å². The summed E-state index contributed by atoms with van der Waals surface area (Å²) in [5.41, 5.74) is 6.34.